The Bertz CT molecular complexity index is 498. The van der Waals surface area contributed by atoms with Gasteiger partial charge < -0.3 is 19.9 Å². The standard InChI is InChI=1S/C17H30N4O2/c1-4-17(13-22)5-8-20(9-6-17)16(23)19-11-15-18-7-10-21(15)12-14(2)3/h7,10,14,22H,4-6,8-9,11-13H2,1-3H3,(H,19,23). The molecule has 0 spiro atoms. The van der Waals surface area contributed by atoms with E-state index in [0.717, 1.165) is 31.6 Å². The second kappa shape index (κ2) is 7.81. The van der Waals surface area contributed by atoms with Crippen LogP contribution in [0, 0.1) is 11.3 Å². The number of rotatable bonds is 6. The first-order valence-corrected chi connectivity index (χ1v) is 8.63. The van der Waals surface area contributed by atoms with Gasteiger partial charge in [-0.15, -0.1) is 0 Å². The Kier molecular flexibility index (Phi) is 6.04. The molecule has 2 rings (SSSR count). The largest absolute Gasteiger partial charge is 0.396 e. The lowest BCUT2D eigenvalue weighted by molar-refractivity contribution is 0.0519. The number of amides is 2. The lowest BCUT2D eigenvalue weighted by Crippen LogP contribution is -2.48. The van der Waals surface area contributed by atoms with Crippen molar-refractivity contribution in [3.63, 3.8) is 0 Å². The van der Waals surface area contributed by atoms with Gasteiger partial charge in [0.2, 0.25) is 0 Å². The molecule has 0 radical (unpaired) electrons. The van der Waals surface area contributed by atoms with Crippen molar-refractivity contribution in [2.24, 2.45) is 11.3 Å². The van der Waals surface area contributed by atoms with E-state index in [-0.39, 0.29) is 18.1 Å². The van der Waals surface area contributed by atoms with Crippen molar-refractivity contribution >= 4 is 6.03 Å². The van der Waals surface area contributed by atoms with E-state index in [4.69, 9.17) is 0 Å². The van der Waals surface area contributed by atoms with E-state index in [0.29, 0.717) is 25.6 Å². The summed E-state index contributed by atoms with van der Waals surface area (Å²) in [4.78, 5) is 18.5. The Labute approximate surface area is 138 Å². The highest BCUT2D eigenvalue weighted by atomic mass is 16.3. The molecule has 6 nitrogen and oxygen atoms in total. The van der Waals surface area contributed by atoms with Crippen LogP contribution in [0.15, 0.2) is 12.4 Å². The van der Waals surface area contributed by atoms with E-state index in [9.17, 15) is 9.90 Å². The molecule has 1 fully saturated rings. The highest BCUT2D eigenvalue weighted by Crippen LogP contribution is 2.34. The zero-order valence-electron chi connectivity index (χ0n) is 14.6. The van der Waals surface area contributed by atoms with Crippen LogP contribution in [0.4, 0.5) is 4.79 Å². The predicted molar refractivity (Wildman–Crippen MR) is 89.9 cm³/mol. The van der Waals surface area contributed by atoms with Gasteiger partial charge in [-0.05, 0) is 30.6 Å². The number of aliphatic hydroxyl groups excluding tert-OH is 1. The van der Waals surface area contributed by atoms with Crippen LogP contribution in [0.2, 0.25) is 0 Å². The van der Waals surface area contributed by atoms with E-state index in [1.54, 1.807) is 6.20 Å². The van der Waals surface area contributed by atoms with E-state index in [1.165, 1.54) is 0 Å². The van der Waals surface area contributed by atoms with E-state index >= 15 is 0 Å². The molecule has 0 aromatic carbocycles. The van der Waals surface area contributed by atoms with Gasteiger partial charge in [0, 0.05) is 38.6 Å². The van der Waals surface area contributed by atoms with Crippen LogP contribution in [0.5, 0.6) is 0 Å². The number of hydrogen-bond donors (Lipinski definition) is 2. The summed E-state index contributed by atoms with van der Waals surface area (Å²) in [7, 11) is 0. The van der Waals surface area contributed by atoms with Gasteiger partial charge in [0.25, 0.3) is 0 Å². The molecule has 0 bridgehead atoms. The number of carbonyl (C=O) groups is 1. The maximum absolute atomic E-state index is 12.3. The summed E-state index contributed by atoms with van der Waals surface area (Å²) in [6.07, 6.45) is 6.44. The molecule has 0 unspecified atom stereocenters. The number of hydrogen-bond acceptors (Lipinski definition) is 3. The summed E-state index contributed by atoms with van der Waals surface area (Å²) in [6, 6.07) is -0.0354. The third-order valence-electron chi connectivity index (χ3n) is 4.96. The average molecular weight is 322 g/mol. The topological polar surface area (TPSA) is 70.4 Å². The monoisotopic (exact) mass is 322 g/mol. The zero-order valence-corrected chi connectivity index (χ0v) is 14.6. The molecular weight excluding hydrogens is 292 g/mol. The van der Waals surface area contributed by atoms with Crippen molar-refractivity contribution in [3.8, 4) is 0 Å². The third-order valence-corrected chi connectivity index (χ3v) is 4.96. The van der Waals surface area contributed by atoms with E-state index in [1.807, 2.05) is 11.1 Å². The van der Waals surface area contributed by atoms with Gasteiger partial charge in [-0.3, -0.25) is 0 Å². The second-order valence-electron chi connectivity index (χ2n) is 7.05. The Morgan fingerprint density at radius 3 is 2.70 bits per heavy atom. The predicted octanol–water partition coefficient (Wildman–Crippen LogP) is 2.23. The number of likely N-dealkylation sites (tertiary alicyclic amines) is 1. The average Bonchev–Trinajstić information content (AvgIpc) is 2.99. The number of nitrogens with one attached hydrogen (secondary N) is 1. The molecule has 0 aliphatic carbocycles. The minimum atomic E-state index is -0.0354. The van der Waals surface area contributed by atoms with Crippen molar-refractivity contribution in [1.82, 2.24) is 19.8 Å². The first-order chi connectivity index (χ1) is 11.0. The molecule has 1 saturated heterocycles. The lowest BCUT2D eigenvalue weighted by Gasteiger charge is -2.40. The Morgan fingerprint density at radius 2 is 2.13 bits per heavy atom. The normalized spacial score (nSPS) is 17.5. The third kappa shape index (κ3) is 4.47. The van der Waals surface area contributed by atoms with Crippen LogP contribution >= 0.6 is 0 Å². The molecule has 2 N–H and O–H groups in total. The lowest BCUT2D eigenvalue weighted by atomic mass is 9.77. The number of aliphatic hydroxyl groups is 1. The summed E-state index contributed by atoms with van der Waals surface area (Å²) in [5.41, 5.74) is 0.00427. The van der Waals surface area contributed by atoms with Crippen molar-refractivity contribution in [2.75, 3.05) is 19.7 Å². The molecule has 1 aliphatic rings. The first kappa shape index (κ1) is 17.8. The molecule has 130 valence electrons. The quantitative estimate of drug-likeness (QED) is 0.844. The number of imidazole rings is 1. The van der Waals surface area contributed by atoms with E-state index < -0.39 is 0 Å². The SMILES string of the molecule is CCC1(CO)CCN(C(=O)NCc2nccn2CC(C)C)CC1. The van der Waals surface area contributed by atoms with Crippen LogP contribution in [0.25, 0.3) is 0 Å². The fourth-order valence-electron chi connectivity index (χ4n) is 3.14. The number of nitrogens with zero attached hydrogens (tertiary/aromatic N) is 3. The number of urea groups is 1. The fourth-order valence-corrected chi connectivity index (χ4v) is 3.14. The van der Waals surface area contributed by atoms with Crippen LogP contribution in [-0.4, -0.2) is 45.3 Å². The number of aromatic nitrogens is 2. The Hall–Kier alpha value is -1.56. The molecule has 0 saturated carbocycles. The fraction of sp³-hybridized carbons (Fsp3) is 0.765. The minimum absolute atomic E-state index is 0.00427. The van der Waals surface area contributed by atoms with E-state index in [2.05, 4.69) is 35.6 Å². The molecule has 1 aromatic heterocycles. The van der Waals surface area contributed by atoms with Crippen LogP contribution in [-0.2, 0) is 13.1 Å². The molecule has 6 heteroatoms. The second-order valence-corrected chi connectivity index (χ2v) is 7.05. The minimum Gasteiger partial charge on any atom is -0.396 e. The Morgan fingerprint density at radius 1 is 1.43 bits per heavy atom. The van der Waals surface area contributed by atoms with Gasteiger partial charge in [-0.2, -0.15) is 0 Å². The summed E-state index contributed by atoms with van der Waals surface area (Å²) in [5.74, 6) is 1.43. The molecular formula is C17H30N4O2. The van der Waals surface area contributed by atoms with Gasteiger partial charge in [-0.25, -0.2) is 9.78 Å². The smallest absolute Gasteiger partial charge is 0.317 e. The van der Waals surface area contributed by atoms with Crippen molar-refractivity contribution in [3.05, 3.63) is 18.2 Å². The summed E-state index contributed by atoms with van der Waals surface area (Å²) in [6.45, 7) is 9.43. The van der Waals surface area contributed by atoms with Crippen LogP contribution < -0.4 is 5.32 Å². The van der Waals surface area contributed by atoms with Gasteiger partial charge in [0.15, 0.2) is 0 Å². The Balaban J connectivity index is 1.83. The highest BCUT2D eigenvalue weighted by molar-refractivity contribution is 5.74. The van der Waals surface area contributed by atoms with Crippen molar-refractivity contribution in [1.29, 1.82) is 0 Å². The van der Waals surface area contributed by atoms with Crippen LogP contribution in [0.1, 0.15) is 45.9 Å². The van der Waals surface area contributed by atoms with Gasteiger partial charge in [-0.1, -0.05) is 20.8 Å². The molecule has 2 heterocycles. The zero-order chi connectivity index (χ0) is 16.9. The summed E-state index contributed by atoms with van der Waals surface area (Å²) >= 11 is 0. The maximum atomic E-state index is 12.3. The number of carbonyl (C=O) groups excluding carboxylic acids is 1. The van der Waals surface area contributed by atoms with Crippen molar-refractivity contribution in [2.45, 2.75) is 53.1 Å². The molecule has 23 heavy (non-hydrogen) atoms. The highest BCUT2D eigenvalue weighted by Gasteiger charge is 2.33. The molecule has 2 amide bonds. The van der Waals surface area contributed by atoms with Gasteiger partial charge >= 0.3 is 6.03 Å². The summed E-state index contributed by atoms with van der Waals surface area (Å²) in [5, 5.41) is 12.5. The van der Waals surface area contributed by atoms with Gasteiger partial charge in [0.1, 0.15) is 5.82 Å². The van der Waals surface area contributed by atoms with Crippen molar-refractivity contribution < 1.29 is 9.90 Å². The number of piperidine rings is 1. The van der Waals surface area contributed by atoms with Crippen LogP contribution in [0.3, 0.4) is 0 Å². The molecule has 1 aromatic rings. The molecule has 1 aliphatic heterocycles. The summed E-state index contributed by atoms with van der Waals surface area (Å²) < 4.78 is 2.09. The first-order valence-electron chi connectivity index (χ1n) is 8.63. The maximum Gasteiger partial charge on any atom is 0.317 e. The van der Waals surface area contributed by atoms with Gasteiger partial charge in [0.05, 0.1) is 6.54 Å². The molecule has 0 atom stereocenters.